The van der Waals surface area contributed by atoms with Crippen molar-refractivity contribution in [2.45, 2.75) is 57.9 Å². The van der Waals surface area contributed by atoms with Crippen molar-refractivity contribution >= 4 is 23.7 Å². The summed E-state index contributed by atoms with van der Waals surface area (Å²) in [5, 5.41) is 9.46. The molecule has 0 aromatic carbocycles. The highest BCUT2D eigenvalue weighted by atomic mass is 16.2. The van der Waals surface area contributed by atoms with Crippen molar-refractivity contribution in [1.82, 2.24) is 20.9 Å². The monoisotopic (exact) mass is 429 g/mol. The van der Waals surface area contributed by atoms with Gasteiger partial charge < -0.3 is 16.0 Å². The van der Waals surface area contributed by atoms with Crippen molar-refractivity contribution in [1.29, 1.82) is 0 Å². The molecular weight excluding hydrogens is 394 g/mol. The van der Waals surface area contributed by atoms with E-state index in [2.05, 4.69) is 33.1 Å². The van der Waals surface area contributed by atoms with E-state index in [1.165, 1.54) is 24.2 Å². The first-order valence-electron chi connectivity index (χ1n) is 11.9. The smallest absolute Gasteiger partial charge is 0.233 e. The molecule has 3 amide bonds. The molecule has 1 aliphatic heterocycles. The van der Waals surface area contributed by atoms with Gasteiger partial charge in [0, 0.05) is 32.1 Å². The van der Waals surface area contributed by atoms with Gasteiger partial charge in [-0.2, -0.15) is 0 Å². The van der Waals surface area contributed by atoms with Gasteiger partial charge >= 0.3 is 0 Å². The second kappa shape index (κ2) is 9.83. The van der Waals surface area contributed by atoms with Crippen LogP contribution in [0.3, 0.4) is 0 Å². The molecular formula is C23H35N5O3. The molecule has 3 fully saturated rings. The van der Waals surface area contributed by atoms with Crippen molar-refractivity contribution in [2.75, 3.05) is 26.2 Å². The summed E-state index contributed by atoms with van der Waals surface area (Å²) in [6.07, 6.45) is 11.3. The quantitative estimate of drug-likeness (QED) is 0.233. The largest absolute Gasteiger partial charge is 0.357 e. The molecule has 8 nitrogen and oxygen atoms in total. The van der Waals surface area contributed by atoms with Crippen LogP contribution in [0.15, 0.2) is 17.1 Å². The van der Waals surface area contributed by atoms with Crippen molar-refractivity contribution in [3.63, 3.8) is 0 Å². The van der Waals surface area contributed by atoms with E-state index in [0.29, 0.717) is 44.6 Å². The van der Waals surface area contributed by atoms with E-state index in [4.69, 9.17) is 0 Å². The Morgan fingerprint density at radius 3 is 2.39 bits per heavy atom. The number of carbonyl (C=O) groups is 3. The van der Waals surface area contributed by atoms with Gasteiger partial charge in [-0.1, -0.05) is 31.4 Å². The first kappa shape index (κ1) is 21.8. The third-order valence-electron chi connectivity index (χ3n) is 7.11. The molecule has 1 heterocycles. The van der Waals surface area contributed by atoms with Crippen LogP contribution in [-0.4, -0.2) is 60.8 Å². The van der Waals surface area contributed by atoms with Crippen LogP contribution in [0, 0.1) is 23.7 Å². The number of hydrogen-bond acceptors (Lipinski definition) is 4. The van der Waals surface area contributed by atoms with E-state index in [9.17, 15) is 14.4 Å². The molecule has 2 bridgehead atoms. The number of fused-ring (bicyclic) bond motifs is 5. The number of aliphatic imine (C=N–C) groups is 1. The van der Waals surface area contributed by atoms with Crippen LogP contribution in [0.4, 0.5) is 0 Å². The highest BCUT2D eigenvalue weighted by Crippen LogP contribution is 2.52. The zero-order chi connectivity index (χ0) is 21.8. The van der Waals surface area contributed by atoms with Gasteiger partial charge in [0.25, 0.3) is 0 Å². The number of hydrogen-bond donors (Lipinski definition) is 3. The third kappa shape index (κ3) is 4.77. The Morgan fingerprint density at radius 1 is 1.06 bits per heavy atom. The summed E-state index contributed by atoms with van der Waals surface area (Å²) in [6.45, 7) is 3.86. The number of rotatable bonds is 8. The number of guanidine groups is 1. The molecule has 3 N–H and O–H groups in total. The van der Waals surface area contributed by atoms with Crippen LogP contribution in [0.2, 0.25) is 0 Å². The first-order valence-corrected chi connectivity index (χ1v) is 11.9. The Morgan fingerprint density at radius 2 is 1.74 bits per heavy atom. The molecule has 1 saturated heterocycles. The lowest BCUT2D eigenvalue weighted by Gasteiger charge is -2.22. The fourth-order valence-corrected chi connectivity index (χ4v) is 5.63. The average molecular weight is 430 g/mol. The van der Waals surface area contributed by atoms with Gasteiger partial charge in [0.2, 0.25) is 17.7 Å². The summed E-state index contributed by atoms with van der Waals surface area (Å²) >= 11 is 0. The minimum absolute atomic E-state index is 0.0185. The average Bonchev–Trinajstić information content (AvgIpc) is 3.44. The number of likely N-dealkylation sites (tertiary alicyclic amines) is 1. The zero-order valence-corrected chi connectivity index (χ0v) is 18.4. The lowest BCUT2D eigenvalue weighted by Crippen LogP contribution is -2.44. The Bertz CT molecular complexity index is 728. The second-order valence-electron chi connectivity index (χ2n) is 9.17. The zero-order valence-electron chi connectivity index (χ0n) is 18.4. The Balaban J connectivity index is 1.21. The fourth-order valence-electron chi connectivity index (χ4n) is 5.63. The molecule has 4 aliphatic rings. The number of amides is 3. The van der Waals surface area contributed by atoms with Gasteiger partial charge in [0.05, 0.1) is 18.4 Å². The predicted molar refractivity (Wildman–Crippen MR) is 118 cm³/mol. The standard InChI is InChI=1S/C23H35N5O3/c1-2-24-23(25-11-10-18(29)27-17-6-4-3-5-7-17)26-12-13-28-21(30)19-15-8-9-16(14-15)20(19)22(28)31/h8-9,15-17,19-20H,2-7,10-14H2,1H3,(H,27,29)(H2,24,25,26). The highest BCUT2D eigenvalue weighted by Gasteiger charge is 2.58. The molecule has 4 rings (SSSR count). The molecule has 4 atom stereocenters. The minimum atomic E-state index is -0.146. The van der Waals surface area contributed by atoms with E-state index in [0.717, 1.165) is 19.3 Å². The number of carbonyl (C=O) groups excluding carboxylic acids is 3. The summed E-state index contributed by atoms with van der Waals surface area (Å²) < 4.78 is 0. The van der Waals surface area contributed by atoms with Crippen LogP contribution in [0.1, 0.15) is 51.9 Å². The summed E-state index contributed by atoms with van der Waals surface area (Å²) in [6, 6.07) is 0.317. The normalized spacial score (nSPS) is 30.1. The van der Waals surface area contributed by atoms with E-state index in [1.54, 1.807) is 0 Å². The van der Waals surface area contributed by atoms with Crippen LogP contribution in [0.5, 0.6) is 0 Å². The fraction of sp³-hybridized carbons (Fsp3) is 0.739. The minimum Gasteiger partial charge on any atom is -0.357 e. The van der Waals surface area contributed by atoms with Crippen LogP contribution >= 0.6 is 0 Å². The summed E-state index contributed by atoms with van der Waals surface area (Å²) in [5.41, 5.74) is 0. The summed E-state index contributed by atoms with van der Waals surface area (Å²) in [5.74, 6) is 0.804. The molecule has 0 aromatic heterocycles. The van der Waals surface area contributed by atoms with E-state index in [-0.39, 0.29) is 41.4 Å². The van der Waals surface area contributed by atoms with Gasteiger partial charge in [-0.05, 0) is 38.0 Å². The summed E-state index contributed by atoms with van der Waals surface area (Å²) in [7, 11) is 0. The van der Waals surface area contributed by atoms with Gasteiger partial charge in [-0.25, -0.2) is 0 Å². The Hall–Kier alpha value is -2.38. The molecule has 31 heavy (non-hydrogen) atoms. The number of imide groups is 1. The lowest BCUT2D eigenvalue weighted by atomic mass is 9.85. The van der Waals surface area contributed by atoms with Crippen LogP contribution in [-0.2, 0) is 14.4 Å². The molecule has 0 aromatic rings. The highest BCUT2D eigenvalue weighted by molar-refractivity contribution is 6.06. The van der Waals surface area contributed by atoms with Gasteiger partial charge in [-0.3, -0.25) is 24.3 Å². The predicted octanol–water partition coefficient (Wildman–Crippen LogP) is 1.19. The maximum Gasteiger partial charge on any atom is 0.233 e. The molecule has 2 saturated carbocycles. The third-order valence-corrected chi connectivity index (χ3v) is 7.11. The topological polar surface area (TPSA) is 103 Å². The number of nitrogens with zero attached hydrogens (tertiary/aromatic N) is 2. The van der Waals surface area contributed by atoms with Crippen molar-refractivity contribution < 1.29 is 14.4 Å². The summed E-state index contributed by atoms with van der Waals surface area (Å²) in [4.78, 5) is 43.6. The van der Waals surface area contributed by atoms with Crippen LogP contribution in [0.25, 0.3) is 0 Å². The van der Waals surface area contributed by atoms with E-state index in [1.807, 2.05) is 6.92 Å². The Kier molecular flexibility index (Phi) is 6.92. The van der Waals surface area contributed by atoms with Crippen molar-refractivity contribution in [2.24, 2.45) is 28.7 Å². The first-order chi connectivity index (χ1) is 15.1. The van der Waals surface area contributed by atoms with Gasteiger partial charge in [0.1, 0.15) is 0 Å². The molecule has 0 radical (unpaired) electrons. The molecule has 170 valence electrons. The van der Waals surface area contributed by atoms with Gasteiger partial charge in [-0.15, -0.1) is 0 Å². The second-order valence-corrected chi connectivity index (χ2v) is 9.17. The van der Waals surface area contributed by atoms with E-state index < -0.39 is 0 Å². The maximum absolute atomic E-state index is 12.8. The molecule has 0 spiro atoms. The van der Waals surface area contributed by atoms with Gasteiger partial charge in [0.15, 0.2) is 5.96 Å². The van der Waals surface area contributed by atoms with Crippen LogP contribution < -0.4 is 16.0 Å². The SMILES string of the molecule is CCNC(=NCCC(=O)NC1CCCCC1)NCCN1C(=O)C2C3C=CC(C3)C2C1=O. The van der Waals surface area contributed by atoms with Crippen molar-refractivity contribution in [3.05, 3.63) is 12.2 Å². The van der Waals surface area contributed by atoms with E-state index >= 15 is 0 Å². The Labute approximate surface area is 184 Å². The molecule has 3 aliphatic carbocycles. The van der Waals surface area contributed by atoms with Crippen molar-refractivity contribution in [3.8, 4) is 0 Å². The maximum atomic E-state index is 12.8. The molecule has 8 heteroatoms. The molecule has 4 unspecified atom stereocenters. The number of nitrogens with one attached hydrogen (secondary N) is 3. The lowest BCUT2D eigenvalue weighted by molar-refractivity contribution is -0.140. The number of allylic oxidation sites excluding steroid dienone is 2.